The summed E-state index contributed by atoms with van der Waals surface area (Å²) in [5, 5.41) is 1.53. The molecule has 19 heavy (non-hydrogen) atoms. The zero-order valence-electron chi connectivity index (χ0n) is 11.3. The highest BCUT2D eigenvalue weighted by Gasteiger charge is 2.34. The standard InChI is InChI=1S/C15H20Cl2N2/c1-11-9-18-8-3-2-5-12(18)10-19(11)15-13(16)6-4-7-14(15)17/h4,6-7,11-12H,2-3,5,8-10H2,1H3. The van der Waals surface area contributed by atoms with Crippen LogP contribution in [0, 0.1) is 0 Å². The monoisotopic (exact) mass is 298 g/mol. The molecule has 104 valence electrons. The van der Waals surface area contributed by atoms with Crippen molar-refractivity contribution >= 4 is 28.9 Å². The van der Waals surface area contributed by atoms with Crippen LogP contribution in [0.2, 0.25) is 10.0 Å². The average Bonchev–Trinajstić information content (AvgIpc) is 2.39. The number of fused-ring (bicyclic) bond motifs is 1. The smallest absolute Gasteiger partial charge is 0.0748 e. The van der Waals surface area contributed by atoms with Gasteiger partial charge in [0.25, 0.3) is 0 Å². The minimum atomic E-state index is 0.465. The van der Waals surface area contributed by atoms with Gasteiger partial charge in [-0.05, 0) is 38.4 Å². The van der Waals surface area contributed by atoms with E-state index >= 15 is 0 Å². The van der Waals surface area contributed by atoms with Gasteiger partial charge >= 0.3 is 0 Å². The largest absolute Gasteiger partial charge is 0.364 e. The topological polar surface area (TPSA) is 6.48 Å². The SMILES string of the molecule is CC1CN2CCCCC2CN1c1c(Cl)cccc1Cl. The van der Waals surface area contributed by atoms with Gasteiger partial charge in [0.05, 0.1) is 15.7 Å². The molecule has 2 atom stereocenters. The predicted octanol–water partition coefficient (Wildman–Crippen LogP) is 4.06. The van der Waals surface area contributed by atoms with Crippen molar-refractivity contribution in [3.63, 3.8) is 0 Å². The van der Waals surface area contributed by atoms with Crippen molar-refractivity contribution in [1.82, 2.24) is 4.90 Å². The highest BCUT2D eigenvalue weighted by Crippen LogP contribution is 2.37. The normalized spacial score (nSPS) is 28.3. The van der Waals surface area contributed by atoms with Crippen LogP contribution in [0.5, 0.6) is 0 Å². The number of anilines is 1. The quantitative estimate of drug-likeness (QED) is 0.771. The first-order valence-electron chi connectivity index (χ1n) is 7.11. The molecule has 2 nitrogen and oxygen atoms in total. The third kappa shape index (κ3) is 2.58. The lowest BCUT2D eigenvalue weighted by atomic mass is 9.96. The number of hydrogen-bond acceptors (Lipinski definition) is 2. The van der Waals surface area contributed by atoms with Crippen molar-refractivity contribution < 1.29 is 0 Å². The number of nitrogens with zero attached hydrogens (tertiary/aromatic N) is 2. The van der Waals surface area contributed by atoms with E-state index in [4.69, 9.17) is 23.2 Å². The predicted molar refractivity (Wildman–Crippen MR) is 82.5 cm³/mol. The maximum Gasteiger partial charge on any atom is 0.0748 e. The third-order valence-electron chi connectivity index (χ3n) is 4.41. The van der Waals surface area contributed by atoms with Gasteiger partial charge in [0, 0.05) is 25.2 Å². The molecule has 2 unspecified atom stereocenters. The summed E-state index contributed by atoms with van der Waals surface area (Å²) in [6, 6.07) is 6.91. The molecule has 2 aliphatic heterocycles. The van der Waals surface area contributed by atoms with Gasteiger partial charge in [-0.2, -0.15) is 0 Å². The van der Waals surface area contributed by atoms with E-state index < -0.39 is 0 Å². The second kappa shape index (κ2) is 5.51. The summed E-state index contributed by atoms with van der Waals surface area (Å²) in [4.78, 5) is 5.03. The van der Waals surface area contributed by atoms with Gasteiger partial charge in [0.1, 0.15) is 0 Å². The molecule has 0 N–H and O–H groups in total. The number of para-hydroxylation sites is 1. The van der Waals surface area contributed by atoms with E-state index in [0.29, 0.717) is 12.1 Å². The summed E-state index contributed by atoms with van der Waals surface area (Å²) >= 11 is 12.7. The van der Waals surface area contributed by atoms with Crippen molar-refractivity contribution in [3.05, 3.63) is 28.2 Å². The molecule has 3 rings (SSSR count). The summed E-state index contributed by atoms with van der Waals surface area (Å²) in [5.74, 6) is 0. The van der Waals surface area contributed by atoms with Gasteiger partial charge in [-0.25, -0.2) is 0 Å². The van der Waals surface area contributed by atoms with Crippen LogP contribution in [0.15, 0.2) is 18.2 Å². The van der Waals surface area contributed by atoms with E-state index in [1.54, 1.807) is 0 Å². The number of hydrogen-bond donors (Lipinski definition) is 0. The lowest BCUT2D eigenvalue weighted by Gasteiger charge is -2.48. The highest BCUT2D eigenvalue weighted by molar-refractivity contribution is 6.39. The Morgan fingerprint density at radius 3 is 2.58 bits per heavy atom. The molecule has 2 fully saturated rings. The second-order valence-corrected chi connectivity index (χ2v) is 6.53. The van der Waals surface area contributed by atoms with E-state index in [-0.39, 0.29) is 0 Å². The Morgan fingerprint density at radius 1 is 1.11 bits per heavy atom. The first kappa shape index (κ1) is 13.5. The Hall–Kier alpha value is -0.440. The first-order valence-corrected chi connectivity index (χ1v) is 7.87. The molecular weight excluding hydrogens is 279 g/mol. The molecule has 1 aromatic carbocycles. The number of halogens is 2. The number of piperazine rings is 1. The number of rotatable bonds is 1. The van der Waals surface area contributed by atoms with Gasteiger partial charge in [-0.1, -0.05) is 35.7 Å². The Balaban J connectivity index is 1.88. The molecule has 0 aromatic heterocycles. The molecule has 0 bridgehead atoms. The minimum absolute atomic E-state index is 0.465. The minimum Gasteiger partial charge on any atom is -0.364 e. The zero-order chi connectivity index (χ0) is 13.4. The fraction of sp³-hybridized carbons (Fsp3) is 0.600. The summed E-state index contributed by atoms with van der Waals surface area (Å²) in [5.41, 5.74) is 1.02. The zero-order valence-corrected chi connectivity index (χ0v) is 12.8. The lowest BCUT2D eigenvalue weighted by Crippen LogP contribution is -2.59. The van der Waals surface area contributed by atoms with Crippen LogP contribution in [-0.4, -0.2) is 36.6 Å². The molecule has 0 aliphatic carbocycles. The van der Waals surface area contributed by atoms with Gasteiger partial charge in [-0.15, -0.1) is 0 Å². The fourth-order valence-electron chi connectivity index (χ4n) is 3.43. The van der Waals surface area contributed by atoms with Crippen LogP contribution >= 0.6 is 23.2 Å². The maximum absolute atomic E-state index is 6.36. The fourth-order valence-corrected chi connectivity index (χ4v) is 4.04. The van der Waals surface area contributed by atoms with Crippen LogP contribution < -0.4 is 4.90 Å². The maximum atomic E-state index is 6.36. The molecule has 2 saturated heterocycles. The summed E-state index contributed by atoms with van der Waals surface area (Å²) < 4.78 is 0. The van der Waals surface area contributed by atoms with Crippen LogP contribution in [-0.2, 0) is 0 Å². The number of piperidine rings is 1. The third-order valence-corrected chi connectivity index (χ3v) is 5.02. The van der Waals surface area contributed by atoms with Crippen molar-refractivity contribution in [2.45, 2.75) is 38.3 Å². The van der Waals surface area contributed by atoms with Crippen LogP contribution in [0.1, 0.15) is 26.2 Å². The molecule has 2 aliphatic rings. The van der Waals surface area contributed by atoms with E-state index in [2.05, 4.69) is 16.7 Å². The first-order chi connectivity index (χ1) is 9.16. The van der Waals surface area contributed by atoms with Gasteiger partial charge in [-0.3, -0.25) is 4.90 Å². The lowest BCUT2D eigenvalue weighted by molar-refractivity contribution is 0.115. The Bertz CT molecular complexity index is 443. The van der Waals surface area contributed by atoms with E-state index in [1.807, 2.05) is 18.2 Å². The Kier molecular flexibility index (Phi) is 3.93. The van der Waals surface area contributed by atoms with Crippen LogP contribution in [0.25, 0.3) is 0 Å². The molecule has 0 amide bonds. The van der Waals surface area contributed by atoms with Crippen LogP contribution in [0.4, 0.5) is 5.69 Å². The van der Waals surface area contributed by atoms with Crippen molar-refractivity contribution in [3.8, 4) is 0 Å². The summed E-state index contributed by atoms with van der Waals surface area (Å²) in [7, 11) is 0. The molecular formula is C15H20Cl2N2. The van der Waals surface area contributed by atoms with Gasteiger partial charge in [0.15, 0.2) is 0 Å². The second-order valence-electron chi connectivity index (χ2n) is 5.72. The van der Waals surface area contributed by atoms with Crippen molar-refractivity contribution in [2.24, 2.45) is 0 Å². The molecule has 0 radical (unpaired) electrons. The Morgan fingerprint density at radius 2 is 1.84 bits per heavy atom. The molecule has 1 aromatic rings. The summed E-state index contributed by atoms with van der Waals surface area (Å²) in [6.07, 6.45) is 3.99. The van der Waals surface area contributed by atoms with E-state index in [1.165, 1.54) is 25.8 Å². The summed E-state index contributed by atoms with van der Waals surface area (Å²) in [6.45, 7) is 5.68. The number of benzene rings is 1. The average molecular weight is 299 g/mol. The molecule has 2 heterocycles. The van der Waals surface area contributed by atoms with Gasteiger partial charge < -0.3 is 4.90 Å². The van der Waals surface area contributed by atoms with Crippen molar-refractivity contribution in [1.29, 1.82) is 0 Å². The molecule has 4 heteroatoms. The highest BCUT2D eigenvalue weighted by atomic mass is 35.5. The van der Waals surface area contributed by atoms with Crippen molar-refractivity contribution in [2.75, 3.05) is 24.5 Å². The van der Waals surface area contributed by atoms with Gasteiger partial charge in [0.2, 0.25) is 0 Å². The van der Waals surface area contributed by atoms with E-state index in [9.17, 15) is 0 Å². The molecule has 0 spiro atoms. The van der Waals surface area contributed by atoms with Crippen LogP contribution in [0.3, 0.4) is 0 Å². The Labute approximate surface area is 125 Å². The van der Waals surface area contributed by atoms with E-state index in [0.717, 1.165) is 28.8 Å². The molecule has 0 saturated carbocycles.